The molecule has 0 spiro atoms. The van der Waals surface area contributed by atoms with E-state index in [4.69, 9.17) is 4.74 Å². The number of rotatable bonds is 6. The highest BCUT2D eigenvalue weighted by atomic mass is 32.1. The van der Waals surface area contributed by atoms with Crippen molar-refractivity contribution in [2.24, 2.45) is 0 Å². The Morgan fingerprint density at radius 2 is 2.00 bits per heavy atom. The summed E-state index contributed by atoms with van der Waals surface area (Å²) in [5, 5.41) is 12.5. The van der Waals surface area contributed by atoms with Gasteiger partial charge in [0.1, 0.15) is 5.75 Å². The molecule has 2 N–H and O–H groups in total. The van der Waals surface area contributed by atoms with Gasteiger partial charge in [-0.1, -0.05) is 12.1 Å². The molecule has 124 valence electrons. The lowest BCUT2D eigenvalue weighted by Crippen LogP contribution is -2.40. The minimum absolute atomic E-state index is 0.144. The van der Waals surface area contributed by atoms with Gasteiger partial charge in [0.2, 0.25) is 0 Å². The van der Waals surface area contributed by atoms with Gasteiger partial charge in [-0.15, -0.1) is 11.3 Å². The summed E-state index contributed by atoms with van der Waals surface area (Å²) in [6, 6.07) is 10.8. The molecular weight excluding hydrogens is 312 g/mol. The number of hydrogen-bond acceptors (Lipinski definition) is 4. The second-order valence-electron chi connectivity index (χ2n) is 5.25. The first-order chi connectivity index (χ1) is 11.0. The first-order valence-corrected chi connectivity index (χ1v) is 8.17. The van der Waals surface area contributed by atoms with Crippen LogP contribution >= 0.6 is 11.3 Å². The number of nitrogens with zero attached hydrogens (tertiary/aromatic N) is 1. The quantitative estimate of drug-likeness (QED) is 0.854. The number of urea groups is 1. The SMILES string of the molecule is COc1ccc([C@@H](CO)N(C)C(=O)NCc2ccc(C)s2)cc1. The van der Waals surface area contributed by atoms with Crippen molar-refractivity contribution in [3.05, 3.63) is 51.7 Å². The van der Waals surface area contributed by atoms with Gasteiger partial charge in [0.25, 0.3) is 0 Å². The summed E-state index contributed by atoms with van der Waals surface area (Å²) >= 11 is 1.66. The highest BCUT2D eigenvalue weighted by Gasteiger charge is 2.21. The molecule has 0 radical (unpaired) electrons. The number of ether oxygens (including phenoxy) is 1. The van der Waals surface area contributed by atoms with Crippen LogP contribution in [0.1, 0.15) is 21.4 Å². The molecule has 5 nitrogen and oxygen atoms in total. The molecule has 2 rings (SSSR count). The van der Waals surface area contributed by atoms with Crippen LogP contribution in [0.25, 0.3) is 0 Å². The molecule has 0 saturated carbocycles. The van der Waals surface area contributed by atoms with Crippen molar-refractivity contribution < 1.29 is 14.6 Å². The smallest absolute Gasteiger partial charge is 0.318 e. The molecule has 0 bridgehead atoms. The fraction of sp³-hybridized carbons (Fsp3) is 0.353. The number of carbonyl (C=O) groups excluding carboxylic acids is 1. The molecule has 1 aromatic heterocycles. The summed E-state index contributed by atoms with van der Waals surface area (Å²) in [6.45, 7) is 2.38. The molecule has 0 aliphatic heterocycles. The van der Waals surface area contributed by atoms with Crippen LogP contribution in [0.4, 0.5) is 4.79 Å². The third kappa shape index (κ3) is 4.46. The number of hydrogen-bond donors (Lipinski definition) is 2. The number of carbonyl (C=O) groups is 1. The standard InChI is InChI=1S/C17H22N2O3S/c1-12-4-9-15(23-12)10-18-17(21)19(2)16(11-20)13-5-7-14(22-3)8-6-13/h4-9,16,20H,10-11H2,1-3H3,(H,18,21)/t16-/m1/s1. The van der Waals surface area contributed by atoms with Crippen LogP contribution in [-0.2, 0) is 6.54 Å². The molecule has 0 unspecified atom stereocenters. The summed E-state index contributed by atoms with van der Waals surface area (Å²) < 4.78 is 5.13. The molecule has 1 atom stereocenters. The predicted molar refractivity (Wildman–Crippen MR) is 91.9 cm³/mol. The first kappa shape index (κ1) is 17.3. The Labute approximate surface area is 140 Å². The fourth-order valence-corrected chi connectivity index (χ4v) is 3.12. The number of aliphatic hydroxyl groups is 1. The van der Waals surface area contributed by atoms with E-state index < -0.39 is 6.04 Å². The fourth-order valence-electron chi connectivity index (χ4n) is 2.29. The van der Waals surface area contributed by atoms with Crippen molar-refractivity contribution in [2.45, 2.75) is 19.5 Å². The van der Waals surface area contributed by atoms with Crippen LogP contribution < -0.4 is 10.1 Å². The predicted octanol–water partition coefficient (Wildman–Crippen LogP) is 2.94. The molecule has 0 aliphatic carbocycles. The summed E-state index contributed by atoms with van der Waals surface area (Å²) in [6.07, 6.45) is 0. The van der Waals surface area contributed by atoms with Crippen molar-refractivity contribution in [3.63, 3.8) is 0 Å². The Bertz CT molecular complexity index is 640. The maximum atomic E-state index is 12.3. The molecule has 23 heavy (non-hydrogen) atoms. The molecule has 1 aromatic carbocycles. The maximum Gasteiger partial charge on any atom is 0.318 e. The maximum absolute atomic E-state index is 12.3. The highest BCUT2D eigenvalue weighted by Crippen LogP contribution is 2.22. The summed E-state index contributed by atoms with van der Waals surface area (Å²) in [5.41, 5.74) is 0.859. The zero-order valence-electron chi connectivity index (χ0n) is 13.6. The van der Waals surface area contributed by atoms with E-state index in [0.717, 1.165) is 16.2 Å². The zero-order chi connectivity index (χ0) is 16.8. The van der Waals surface area contributed by atoms with Gasteiger partial charge < -0.3 is 20.1 Å². The molecule has 2 amide bonds. The van der Waals surface area contributed by atoms with Crippen LogP contribution in [0.2, 0.25) is 0 Å². The number of methoxy groups -OCH3 is 1. The Morgan fingerprint density at radius 1 is 1.30 bits per heavy atom. The van der Waals surface area contributed by atoms with Crippen LogP contribution in [0.5, 0.6) is 5.75 Å². The second-order valence-corrected chi connectivity index (χ2v) is 6.63. The van der Waals surface area contributed by atoms with Gasteiger partial charge in [0.15, 0.2) is 0 Å². The van der Waals surface area contributed by atoms with Crippen molar-refractivity contribution in [1.29, 1.82) is 0 Å². The monoisotopic (exact) mass is 334 g/mol. The van der Waals surface area contributed by atoms with E-state index >= 15 is 0 Å². The normalized spacial score (nSPS) is 11.8. The van der Waals surface area contributed by atoms with E-state index in [9.17, 15) is 9.90 Å². The van der Waals surface area contributed by atoms with Crippen molar-refractivity contribution in [2.75, 3.05) is 20.8 Å². The van der Waals surface area contributed by atoms with Gasteiger partial charge in [-0.05, 0) is 36.8 Å². The largest absolute Gasteiger partial charge is 0.497 e. The Morgan fingerprint density at radius 3 is 2.52 bits per heavy atom. The minimum atomic E-state index is -0.397. The number of nitrogens with one attached hydrogen (secondary N) is 1. The summed E-state index contributed by atoms with van der Waals surface area (Å²) in [4.78, 5) is 16.1. The van der Waals surface area contributed by atoms with E-state index in [1.807, 2.05) is 43.3 Å². The van der Waals surface area contributed by atoms with Crippen LogP contribution in [0.15, 0.2) is 36.4 Å². The van der Waals surface area contributed by atoms with Crippen LogP contribution in [-0.4, -0.2) is 36.8 Å². The second kappa shape index (κ2) is 7.99. The Kier molecular flexibility index (Phi) is 6.01. The van der Waals surface area contributed by atoms with E-state index in [1.165, 1.54) is 9.78 Å². The summed E-state index contributed by atoms with van der Waals surface area (Å²) in [5.74, 6) is 0.741. The number of amides is 2. The van der Waals surface area contributed by atoms with Gasteiger partial charge >= 0.3 is 6.03 Å². The van der Waals surface area contributed by atoms with Crippen molar-refractivity contribution in [1.82, 2.24) is 10.2 Å². The molecule has 0 saturated heterocycles. The van der Waals surface area contributed by atoms with Crippen LogP contribution in [0.3, 0.4) is 0 Å². The zero-order valence-corrected chi connectivity index (χ0v) is 14.4. The average Bonchev–Trinajstić information content (AvgIpc) is 2.99. The van der Waals surface area contributed by atoms with Gasteiger partial charge in [0.05, 0.1) is 26.3 Å². The number of aryl methyl sites for hydroxylation is 1. The average molecular weight is 334 g/mol. The van der Waals surface area contributed by atoms with E-state index in [2.05, 4.69) is 5.32 Å². The minimum Gasteiger partial charge on any atom is -0.497 e. The number of benzene rings is 1. The van der Waals surface area contributed by atoms with E-state index in [1.54, 1.807) is 25.5 Å². The Balaban J connectivity index is 1.99. The number of likely N-dealkylation sites (N-methyl/N-ethyl adjacent to an activating group) is 1. The van der Waals surface area contributed by atoms with Gasteiger partial charge in [-0.3, -0.25) is 0 Å². The van der Waals surface area contributed by atoms with Crippen molar-refractivity contribution in [3.8, 4) is 5.75 Å². The summed E-state index contributed by atoms with van der Waals surface area (Å²) in [7, 11) is 3.28. The number of aliphatic hydroxyl groups excluding tert-OH is 1. The molecule has 6 heteroatoms. The van der Waals surface area contributed by atoms with E-state index in [0.29, 0.717) is 6.54 Å². The molecule has 0 fully saturated rings. The molecular formula is C17H22N2O3S. The Hall–Kier alpha value is -2.05. The van der Waals surface area contributed by atoms with Crippen molar-refractivity contribution >= 4 is 17.4 Å². The topological polar surface area (TPSA) is 61.8 Å². The lowest BCUT2D eigenvalue weighted by atomic mass is 10.1. The highest BCUT2D eigenvalue weighted by molar-refractivity contribution is 7.11. The van der Waals surface area contributed by atoms with Gasteiger partial charge in [0, 0.05) is 16.8 Å². The van der Waals surface area contributed by atoms with Gasteiger partial charge in [-0.2, -0.15) is 0 Å². The molecule has 0 aliphatic rings. The third-order valence-electron chi connectivity index (χ3n) is 3.67. The van der Waals surface area contributed by atoms with E-state index in [-0.39, 0.29) is 12.6 Å². The van der Waals surface area contributed by atoms with Crippen LogP contribution in [0, 0.1) is 6.92 Å². The molecule has 1 heterocycles. The third-order valence-corrected chi connectivity index (χ3v) is 4.67. The molecule has 2 aromatic rings. The first-order valence-electron chi connectivity index (χ1n) is 7.36. The lowest BCUT2D eigenvalue weighted by Gasteiger charge is -2.27. The lowest BCUT2D eigenvalue weighted by molar-refractivity contribution is 0.149. The van der Waals surface area contributed by atoms with Gasteiger partial charge in [-0.25, -0.2) is 4.79 Å². The number of thiophene rings is 1.